The first-order chi connectivity index (χ1) is 7.22. The van der Waals surface area contributed by atoms with E-state index in [2.05, 4.69) is 5.10 Å². The van der Waals surface area contributed by atoms with Crippen LogP contribution in [0.4, 0.5) is 0 Å². The van der Waals surface area contributed by atoms with Gasteiger partial charge in [-0.1, -0.05) is 23.7 Å². The van der Waals surface area contributed by atoms with Crippen LogP contribution in [0.25, 0.3) is 11.3 Å². The fourth-order valence-corrected chi connectivity index (χ4v) is 2.42. The number of nitrogens with zero attached hydrogens (tertiary/aromatic N) is 2. The molecule has 1 aromatic heterocycles. The van der Waals surface area contributed by atoms with Crippen LogP contribution in [0, 0.1) is 0 Å². The molecule has 3 nitrogen and oxygen atoms in total. The van der Waals surface area contributed by atoms with Crippen LogP contribution in [0.15, 0.2) is 34.7 Å². The fraction of sp³-hybridized carbons (Fsp3) is 0.100. The Balaban J connectivity index is 2.60. The van der Waals surface area contributed by atoms with Gasteiger partial charge in [-0.05, 0) is 12.1 Å². The van der Waals surface area contributed by atoms with Gasteiger partial charge in [-0.25, -0.2) is 0 Å². The molecule has 78 valence electrons. The molecular weight excluding hydrogens is 230 g/mol. The van der Waals surface area contributed by atoms with Crippen molar-refractivity contribution in [2.24, 2.45) is 18.0 Å². The molecule has 15 heavy (non-hydrogen) atoms. The second-order valence-electron chi connectivity index (χ2n) is 3.10. The summed E-state index contributed by atoms with van der Waals surface area (Å²) in [4.78, 5) is 0.782. The second-order valence-corrected chi connectivity index (χ2v) is 4.37. The van der Waals surface area contributed by atoms with Gasteiger partial charge in [0.1, 0.15) is 0 Å². The first-order valence-corrected chi connectivity index (χ1v) is 5.62. The van der Waals surface area contributed by atoms with E-state index in [1.54, 1.807) is 0 Å². The van der Waals surface area contributed by atoms with Crippen molar-refractivity contribution in [1.82, 2.24) is 4.57 Å². The zero-order valence-electron chi connectivity index (χ0n) is 8.14. The Morgan fingerprint density at radius 2 is 2.27 bits per heavy atom. The van der Waals surface area contributed by atoms with E-state index in [1.165, 1.54) is 11.3 Å². The average molecular weight is 240 g/mol. The number of nitrogens with two attached hydrogens (primary N) is 1. The summed E-state index contributed by atoms with van der Waals surface area (Å²) in [6.45, 7) is 0. The van der Waals surface area contributed by atoms with E-state index in [0.29, 0.717) is 0 Å². The lowest BCUT2D eigenvalue weighted by Crippen LogP contribution is -2.13. The van der Waals surface area contributed by atoms with Gasteiger partial charge in [-0.15, -0.1) is 11.3 Å². The molecular formula is C10H10ClN3S. The van der Waals surface area contributed by atoms with Crippen molar-refractivity contribution in [3.8, 4) is 11.3 Å². The van der Waals surface area contributed by atoms with Crippen LogP contribution in [0.5, 0.6) is 0 Å². The molecule has 2 rings (SSSR count). The maximum Gasteiger partial charge on any atom is 0.207 e. The maximum atomic E-state index is 5.93. The highest BCUT2D eigenvalue weighted by atomic mass is 35.5. The molecule has 0 fully saturated rings. The Labute approximate surface area is 96.4 Å². The van der Waals surface area contributed by atoms with Crippen LogP contribution in [0.3, 0.4) is 0 Å². The van der Waals surface area contributed by atoms with Crippen molar-refractivity contribution < 1.29 is 0 Å². The SMILES string of the molecule is Cn1c(-c2cccc(Cl)c2)csc1=NN. The van der Waals surface area contributed by atoms with E-state index in [4.69, 9.17) is 17.4 Å². The summed E-state index contributed by atoms with van der Waals surface area (Å²) >= 11 is 7.44. The lowest BCUT2D eigenvalue weighted by Gasteiger charge is -2.02. The van der Waals surface area contributed by atoms with Gasteiger partial charge in [0.15, 0.2) is 0 Å². The maximum absolute atomic E-state index is 5.93. The summed E-state index contributed by atoms with van der Waals surface area (Å²) in [5.74, 6) is 5.26. The first-order valence-electron chi connectivity index (χ1n) is 4.37. The number of hydrogen-bond donors (Lipinski definition) is 1. The van der Waals surface area contributed by atoms with Crippen LogP contribution in [0.1, 0.15) is 0 Å². The minimum Gasteiger partial charge on any atom is -0.320 e. The zero-order valence-corrected chi connectivity index (χ0v) is 9.72. The molecule has 0 amide bonds. The first kappa shape index (κ1) is 10.3. The summed E-state index contributed by atoms with van der Waals surface area (Å²) in [6.07, 6.45) is 0. The van der Waals surface area contributed by atoms with Crippen LogP contribution in [0.2, 0.25) is 5.02 Å². The monoisotopic (exact) mass is 239 g/mol. The normalized spacial score (nSPS) is 12.0. The van der Waals surface area contributed by atoms with Crippen molar-refractivity contribution >= 4 is 22.9 Å². The van der Waals surface area contributed by atoms with E-state index in [-0.39, 0.29) is 0 Å². The number of benzene rings is 1. The molecule has 0 saturated carbocycles. The molecule has 0 spiro atoms. The number of halogens is 1. The van der Waals surface area contributed by atoms with Gasteiger partial charge in [0.2, 0.25) is 4.80 Å². The van der Waals surface area contributed by atoms with Crippen molar-refractivity contribution in [2.45, 2.75) is 0 Å². The molecule has 0 radical (unpaired) electrons. The minimum atomic E-state index is 0.727. The average Bonchev–Trinajstić information content (AvgIpc) is 2.59. The van der Waals surface area contributed by atoms with E-state index < -0.39 is 0 Å². The molecule has 0 aliphatic heterocycles. The standard InChI is InChI=1S/C10H10ClN3S/c1-14-9(6-15-10(14)13-12)7-3-2-4-8(11)5-7/h2-6H,12H2,1H3. The quantitative estimate of drug-likeness (QED) is 0.602. The van der Waals surface area contributed by atoms with E-state index in [1.807, 2.05) is 41.3 Å². The van der Waals surface area contributed by atoms with Crippen LogP contribution in [-0.2, 0) is 7.05 Å². The summed E-state index contributed by atoms with van der Waals surface area (Å²) < 4.78 is 1.94. The third-order valence-corrected chi connectivity index (χ3v) is 3.32. The largest absolute Gasteiger partial charge is 0.320 e. The Kier molecular flexibility index (Phi) is 2.79. The highest BCUT2D eigenvalue weighted by Gasteiger charge is 2.04. The second kappa shape index (κ2) is 4.08. The third-order valence-electron chi connectivity index (χ3n) is 2.16. The van der Waals surface area contributed by atoms with Gasteiger partial charge in [-0.2, -0.15) is 5.10 Å². The summed E-state index contributed by atoms with van der Waals surface area (Å²) in [7, 11) is 1.93. The lowest BCUT2D eigenvalue weighted by atomic mass is 10.2. The Morgan fingerprint density at radius 3 is 2.87 bits per heavy atom. The predicted molar refractivity (Wildman–Crippen MR) is 63.5 cm³/mol. The van der Waals surface area contributed by atoms with E-state index in [0.717, 1.165) is 21.1 Å². The van der Waals surface area contributed by atoms with Crippen molar-refractivity contribution in [3.05, 3.63) is 39.5 Å². The predicted octanol–water partition coefficient (Wildman–Crippen LogP) is 2.18. The number of rotatable bonds is 1. The lowest BCUT2D eigenvalue weighted by molar-refractivity contribution is 0.862. The van der Waals surface area contributed by atoms with Gasteiger partial charge in [0.05, 0.1) is 5.69 Å². The van der Waals surface area contributed by atoms with E-state index >= 15 is 0 Å². The van der Waals surface area contributed by atoms with Crippen molar-refractivity contribution in [2.75, 3.05) is 0 Å². The minimum absolute atomic E-state index is 0.727. The zero-order chi connectivity index (χ0) is 10.8. The van der Waals surface area contributed by atoms with Gasteiger partial charge in [0, 0.05) is 23.0 Å². The Bertz CT molecular complexity index is 542. The Morgan fingerprint density at radius 1 is 1.47 bits per heavy atom. The Hall–Kier alpha value is -1.26. The number of hydrogen-bond acceptors (Lipinski definition) is 3. The highest BCUT2D eigenvalue weighted by Crippen LogP contribution is 2.22. The van der Waals surface area contributed by atoms with Crippen LogP contribution in [-0.4, -0.2) is 4.57 Å². The molecule has 0 saturated heterocycles. The van der Waals surface area contributed by atoms with Crippen LogP contribution < -0.4 is 10.6 Å². The molecule has 2 aromatic rings. The number of aromatic nitrogens is 1. The summed E-state index contributed by atoms with van der Waals surface area (Å²) in [6, 6.07) is 7.71. The molecule has 1 aromatic carbocycles. The topological polar surface area (TPSA) is 43.3 Å². The molecule has 0 unspecified atom stereocenters. The molecule has 2 N–H and O–H groups in total. The molecule has 5 heteroatoms. The molecule has 0 bridgehead atoms. The van der Waals surface area contributed by atoms with Gasteiger partial charge in [0.25, 0.3) is 0 Å². The highest BCUT2D eigenvalue weighted by molar-refractivity contribution is 7.07. The van der Waals surface area contributed by atoms with Crippen LogP contribution >= 0.6 is 22.9 Å². The molecule has 1 heterocycles. The van der Waals surface area contributed by atoms with E-state index in [9.17, 15) is 0 Å². The molecule has 0 atom stereocenters. The van der Waals surface area contributed by atoms with Gasteiger partial charge in [-0.3, -0.25) is 0 Å². The van der Waals surface area contributed by atoms with Crippen molar-refractivity contribution in [1.29, 1.82) is 0 Å². The molecule has 0 aliphatic rings. The number of thiazole rings is 1. The third kappa shape index (κ3) is 1.91. The molecule has 0 aliphatic carbocycles. The van der Waals surface area contributed by atoms with Crippen molar-refractivity contribution in [3.63, 3.8) is 0 Å². The van der Waals surface area contributed by atoms with Gasteiger partial charge < -0.3 is 10.4 Å². The van der Waals surface area contributed by atoms with Gasteiger partial charge >= 0.3 is 0 Å². The summed E-state index contributed by atoms with van der Waals surface area (Å²) in [5, 5.41) is 6.43. The summed E-state index contributed by atoms with van der Waals surface area (Å²) in [5.41, 5.74) is 2.13. The fourth-order valence-electron chi connectivity index (χ4n) is 1.40. The smallest absolute Gasteiger partial charge is 0.207 e.